The van der Waals surface area contributed by atoms with Crippen molar-refractivity contribution in [3.63, 3.8) is 0 Å². The van der Waals surface area contributed by atoms with Gasteiger partial charge in [0.05, 0.1) is 10.0 Å². The molecule has 0 aliphatic heterocycles. The minimum absolute atomic E-state index is 0.385. The molecular formula is C15H14Cl3NS. The van der Waals surface area contributed by atoms with Gasteiger partial charge in [-0.05, 0) is 48.4 Å². The average molecular weight is 347 g/mol. The maximum Gasteiger partial charge on any atom is 0.0652 e. The van der Waals surface area contributed by atoms with Crippen LogP contribution in [0.5, 0.6) is 0 Å². The third kappa shape index (κ3) is 2.86. The number of rotatable bonds is 3. The van der Waals surface area contributed by atoms with Gasteiger partial charge in [-0.15, -0.1) is 11.3 Å². The molecule has 3 rings (SSSR count). The van der Waals surface area contributed by atoms with Crippen molar-refractivity contribution in [3.05, 3.63) is 54.7 Å². The lowest BCUT2D eigenvalue weighted by Crippen LogP contribution is -2.24. The molecule has 0 spiro atoms. The standard InChI is InChI=1S/C15H14Cl3NS/c16-11-4-5-12(17)15(18)10(11)8-19-13-2-1-3-14-9(13)6-7-20-14/h4-7,13,19H,1-3,8H2. The molecule has 0 radical (unpaired) electrons. The molecule has 0 fully saturated rings. The highest BCUT2D eigenvalue weighted by atomic mass is 35.5. The second-order valence-corrected chi connectivity index (χ2v) is 7.14. The maximum absolute atomic E-state index is 6.24. The van der Waals surface area contributed by atoms with E-state index in [9.17, 15) is 0 Å². The van der Waals surface area contributed by atoms with Crippen LogP contribution in [0, 0.1) is 0 Å². The van der Waals surface area contributed by atoms with Crippen molar-refractivity contribution in [2.24, 2.45) is 0 Å². The Labute approximate surface area is 137 Å². The Morgan fingerprint density at radius 2 is 1.95 bits per heavy atom. The topological polar surface area (TPSA) is 12.0 Å². The summed E-state index contributed by atoms with van der Waals surface area (Å²) in [6.45, 7) is 0.637. The minimum atomic E-state index is 0.385. The van der Waals surface area contributed by atoms with Gasteiger partial charge in [0.2, 0.25) is 0 Å². The summed E-state index contributed by atoms with van der Waals surface area (Å²) in [7, 11) is 0. The normalized spacial score (nSPS) is 18.1. The van der Waals surface area contributed by atoms with Crippen LogP contribution >= 0.6 is 46.1 Å². The zero-order chi connectivity index (χ0) is 14.1. The van der Waals surface area contributed by atoms with Crippen LogP contribution in [0.1, 0.15) is 34.9 Å². The monoisotopic (exact) mass is 345 g/mol. The van der Waals surface area contributed by atoms with E-state index in [1.807, 2.05) is 11.3 Å². The summed E-state index contributed by atoms with van der Waals surface area (Å²) in [5, 5.41) is 7.50. The fourth-order valence-corrected chi connectivity index (χ4v) is 4.32. The first kappa shape index (κ1) is 14.7. The Morgan fingerprint density at radius 3 is 2.80 bits per heavy atom. The molecule has 1 aromatic heterocycles. The highest BCUT2D eigenvalue weighted by Crippen LogP contribution is 2.35. The largest absolute Gasteiger partial charge is 0.306 e. The van der Waals surface area contributed by atoms with Gasteiger partial charge in [0.25, 0.3) is 0 Å². The van der Waals surface area contributed by atoms with Crippen molar-refractivity contribution in [3.8, 4) is 0 Å². The number of thiophene rings is 1. The van der Waals surface area contributed by atoms with Crippen LogP contribution in [0.4, 0.5) is 0 Å². The van der Waals surface area contributed by atoms with Gasteiger partial charge in [0.15, 0.2) is 0 Å². The lowest BCUT2D eigenvalue weighted by atomic mass is 9.94. The van der Waals surface area contributed by atoms with E-state index in [1.165, 1.54) is 23.3 Å². The van der Waals surface area contributed by atoms with Crippen molar-refractivity contribution in [1.82, 2.24) is 5.32 Å². The molecule has 0 saturated carbocycles. The van der Waals surface area contributed by atoms with Gasteiger partial charge in [-0.3, -0.25) is 0 Å². The van der Waals surface area contributed by atoms with Gasteiger partial charge in [-0.25, -0.2) is 0 Å². The van der Waals surface area contributed by atoms with Crippen LogP contribution in [-0.2, 0) is 13.0 Å². The molecule has 1 N–H and O–H groups in total. The molecule has 5 heteroatoms. The van der Waals surface area contributed by atoms with E-state index in [0.29, 0.717) is 27.7 Å². The molecule has 20 heavy (non-hydrogen) atoms. The van der Waals surface area contributed by atoms with E-state index in [-0.39, 0.29) is 0 Å². The summed E-state index contributed by atoms with van der Waals surface area (Å²) < 4.78 is 0. The molecule has 1 atom stereocenters. The van der Waals surface area contributed by atoms with Gasteiger partial charge < -0.3 is 5.32 Å². The van der Waals surface area contributed by atoms with Crippen molar-refractivity contribution in [1.29, 1.82) is 0 Å². The van der Waals surface area contributed by atoms with Crippen molar-refractivity contribution >= 4 is 46.1 Å². The lowest BCUT2D eigenvalue weighted by molar-refractivity contribution is 0.463. The average Bonchev–Trinajstić information content (AvgIpc) is 2.92. The summed E-state index contributed by atoms with van der Waals surface area (Å²) in [6, 6.07) is 6.13. The van der Waals surface area contributed by atoms with E-state index in [0.717, 1.165) is 12.0 Å². The Bertz CT molecular complexity index is 624. The first-order valence-electron chi connectivity index (χ1n) is 6.59. The molecule has 2 aromatic rings. The van der Waals surface area contributed by atoms with E-state index in [4.69, 9.17) is 34.8 Å². The second kappa shape index (κ2) is 6.25. The number of hydrogen-bond acceptors (Lipinski definition) is 2. The van der Waals surface area contributed by atoms with Crippen LogP contribution in [-0.4, -0.2) is 0 Å². The van der Waals surface area contributed by atoms with Crippen LogP contribution in [0.25, 0.3) is 0 Å². The predicted molar refractivity (Wildman–Crippen MR) is 88.3 cm³/mol. The van der Waals surface area contributed by atoms with Crippen molar-refractivity contribution in [2.45, 2.75) is 31.8 Å². The molecule has 0 bridgehead atoms. The van der Waals surface area contributed by atoms with Crippen LogP contribution < -0.4 is 5.32 Å². The Morgan fingerprint density at radius 1 is 1.15 bits per heavy atom. The third-order valence-corrected chi connectivity index (χ3v) is 5.91. The summed E-state index contributed by atoms with van der Waals surface area (Å²) in [6.07, 6.45) is 3.57. The molecule has 1 aliphatic carbocycles. The number of fused-ring (bicyclic) bond motifs is 1. The third-order valence-electron chi connectivity index (χ3n) is 3.72. The quantitative estimate of drug-likeness (QED) is 0.685. The molecule has 1 nitrogen and oxygen atoms in total. The molecule has 0 saturated heterocycles. The minimum Gasteiger partial charge on any atom is -0.306 e. The zero-order valence-corrected chi connectivity index (χ0v) is 13.8. The lowest BCUT2D eigenvalue weighted by Gasteiger charge is -2.24. The number of benzene rings is 1. The number of aryl methyl sites for hydroxylation is 1. The Hall–Kier alpha value is -0.250. The van der Waals surface area contributed by atoms with Crippen molar-refractivity contribution < 1.29 is 0 Å². The first-order valence-corrected chi connectivity index (χ1v) is 8.60. The smallest absolute Gasteiger partial charge is 0.0652 e. The highest BCUT2D eigenvalue weighted by molar-refractivity contribution is 7.10. The van der Waals surface area contributed by atoms with Gasteiger partial charge >= 0.3 is 0 Å². The van der Waals surface area contributed by atoms with E-state index in [1.54, 1.807) is 12.1 Å². The van der Waals surface area contributed by atoms with E-state index < -0.39 is 0 Å². The SMILES string of the molecule is Clc1ccc(Cl)c(CNC2CCCc3sccc32)c1Cl. The molecule has 0 amide bonds. The predicted octanol–water partition coefficient (Wildman–Crippen LogP) is 5.88. The fraction of sp³-hybridized carbons (Fsp3) is 0.333. The number of halogens is 3. The van der Waals surface area contributed by atoms with Gasteiger partial charge in [0.1, 0.15) is 0 Å². The first-order chi connectivity index (χ1) is 9.66. The van der Waals surface area contributed by atoms with E-state index >= 15 is 0 Å². The van der Waals surface area contributed by atoms with E-state index in [2.05, 4.69) is 16.8 Å². The highest BCUT2D eigenvalue weighted by Gasteiger charge is 2.21. The van der Waals surface area contributed by atoms with Crippen molar-refractivity contribution in [2.75, 3.05) is 0 Å². The Kier molecular flexibility index (Phi) is 4.58. The fourth-order valence-electron chi connectivity index (χ4n) is 2.65. The van der Waals surface area contributed by atoms with Crippen LogP contribution in [0.3, 0.4) is 0 Å². The number of hydrogen-bond donors (Lipinski definition) is 1. The Balaban J connectivity index is 1.77. The zero-order valence-electron chi connectivity index (χ0n) is 10.8. The molecule has 1 aliphatic rings. The molecule has 106 valence electrons. The molecule has 1 unspecified atom stereocenters. The summed E-state index contributed by atoms with van der Waals surface area (Å²) in [5.41, 5.74) is 2.30. The van der Waals surface area contributed by atoms with Crippen LogP contribution in [0.2, 0.25) is 15.1 Å². The molecular weight excluding hydrogens is 333 g/mol. The number of nitrogens with one attached hydrogen (secondary N) is 1. The maximum atomic E-state index is 6.24. The van der Waals surface area contributed by atoms with Gasteiger partial charge in [0, 0.05) is 28.0 Å². The van der Waals surface area contributed by atoms with Crippen LogP contribution in [0.15, 0.2) is 23.6 Å². The molecule has 1 aromatic carbocycles. The summed E-state index contributed by atoms with van der Waals surface area (Å²) >= 11 is 20.4. The molecule has 1 heterocycles. The summed E-state index contributed by atoms with van der Waals surface area (Å²) in [4.78, 5) is 1.50. The van der Waals surface area contributed by atoms with Gasteiger partial charge in [-0.2, -0.15) is 0 Å². The summed E-state index contributed by atoms with van der Waals surface area (Å²) in [5.74, 6) is 0. The van der Waals surface area contributed by atoms with Gasteiger partial charge in [-0.1, -0.05) is 34.8 Å². The second-order valence-electron chi connectivity index (χ2n) is 4.95.